The molecule has 0 radical (unpaired) electrons. The second-order valence-electron chi connectivity index (χ2n) is 3.15. The van der Waals surface area contributed by atoms with Crippen LogP contribution in [-0.4, -0.2) is 18.1 Å². The minimum atomic E-state index is -0.461. The Hall–Kier alpha value is -0.910. The summed E-state index contributed by atoms with van der Waals surface area (Å²) in [4.78, 5) is 16.2. The molecule has 1 aromatic heterocycles. The van der Waals surface area contributed by atoms with E-state index in [9.17, 15) is 4.79 Å². The Labute approximate surface area is 116 Å². The number of hydrogen-bond acceptors (Lipinski definition) is 4. The first-order valence-electron chi connectivity index (χ1n) is 4.60. The van der Waals surface area contributed by atoms with Crippen LogP contribution < -0.4 is 0 Å². The molecule has 0 spiro atoms. The van der Waals surface area contributed by atoms with E-state index in [2.05, 4.69) is 25.7 Å². The van der Waals surface area contributed by atoms with Gasteiger partial charge in [0.05, 0.1) is 17.5 Å². The monoisotopic (exact) mass is 331 g/mol. The fourth-order valence-corrected chi connectivity index (χ4v) is 2.79. The highest BCUT2D eigenvalue weighted by Crippen LogP contribution is 2.35. The fourth-order valence-electron chi connectivity index (χ4n) is 1.35. The second kappa shape index (κ2) is 5.16. The van der Waals surface area contributed by atoms with E-state index in [0.29, 0.717) is 9.90 Å². The third kappa shape index (κ3) is 2.51. The van der Waals surface area contributed by atoms with Gasteiger partial charge >= 0.3 is 5.97 Å². The minimum Gasteiger partial charge on any atom is -0.464 e. The van der Waals surface area contributed by atoms with E-state index < -0.39 is 5.97 Å². The van der Waals surface area contributed by atoms with Crippen molar-refractivity contribution in [3.63, 3.8) is 0 Å². The number of esters is 1. The lowest BCUT2D eigenvalue weighted by atomic mass is 10.1. The van der Waals surface area contributed by atoms with Crippen LogP contribution in [0.2, 0.25) is 5.02 Å². The summed E-state index contributed by atoms with van der Waals surface area (Å²) in [6.07, 6.45) is 0. The molecule has 0 amide bonds. The van der Waals surface area contributed by atoms with E-state index in [4.69, 9.17) is 11.6 Å². The van der Waals surface area contributed by atoms with Crippen molar-refractivity contribution in [2.75, 3.05) is 7.11 Å². The average molecular weight is 333 g/mol. The number of carbonyl (C=O) groups is 1. The number of benzene rings is 1. The van der Waals surface area contributed by atoms with E-state index in [1.54, 1.807) is 11.6 Å². The van der Waals surface area contributed by atoms with E-state index in [-0.39, 0.29) is 5.69 Å². The Balaban J connectivity index is 2.57. The molecule has 2 aromatic rings. The minimum absolute atomic E-state index is 0.289. The van der Waals surface area contributed by atoms with E-state index in [1.807, 2.05) is 12.1 Å². The Kier molecular flexibility index (Phi) is 3.81. The number of aromatic nitrogens is 1. The molecule has 0 N–H and O–H groups in total. The van der Waals surface area contributed by atoms with Crippen molar-refractivity contribution in [1.29, 1.82) is 0 Å². The highest BCUT2D eigenvalue weighted by molar-refractivity contribution is 9.10. The summed E-state index contributed by atoms with van der Waals surface area (Å²) >= 11 is 10.8. The van der Waals surface area contributed by atoms with Crippen LogP contribution in [0.5, 0.6) is 0 Å². The van der Waals surface area contributed by atoms with Gasteiger partial charge < -0.3 is 4.74 Å². The zero-order chi connectivity index (χ0) is 12.4. The second-order valence-corrected chi connectivity index (χ2v) is 5.32. The normalized spacial score (nSPS) is 10.3. The van der Waals surface area contributed by atoms with Crippen molar-refractivity contribution in [1.82, 2.24) is 4.98 Å². The fraction of sp³-hybridized carbons (Fsp3) is 0.0909. The largest absolute Gasteiger partial charge is 0.464 e. The number of halogens is 2. The van der Waals surface area contributed by atoms with Crippen LogP contribution >= 0.6 is 38.9 Å². The first-order chi connectivity index (χ1) is 8.13. The molecule has 0 saturated heterocycles. The average Bonchev–Trinajstić information content (AvgIpc) is 2.80. The van der Waals surface area contributed by atoms with Crippen molar-refractivity contribution in [2.45, 2.75) is 0 Å². The maximum absolute atomic E-state index is 11.5. The molecule has 88 valence electrons. The predicted molar refractivity (Wildman–Crippen MR) is 71.6 cm³/mol. The molecule has 0 atom stereocenters. The smallest absolute Gasteiger partial charge is 0.358 e. The van der Waals surface area contributed by atoms with E-state index >= 15 is 0 Å². The van der Waals surface area contributed by atoms with E-state index in [0.717, 1.165) is 10.0 Å². The molecule has 0 aliphatic carbocycles. The van der Waals surface area contributed by atoms with Crippen LogP contribution in [0.25, 0.3) is 10.4 Å². The molecule has 6 heteroatoms. The Morgan fingerprint density at radius 2 is 2.29 bits per heavy atom. The SMILES string of the molecule is COC(=O)c1ncsc1-c1cc(Br)ccc1Cl. The van der Waals surface area contributed by atoms with Gasteiger partial charge in [-0.1, -0.05) is 27.5 Å². The van der Waals surface area contributed by atoms with Gasteiger partial charge in [0.15, 0.2) is 5.69 Å². The van der Waals surface area contributed by atoms with Gasteiger partial charge in [-0.15, -0.1) is 11.3 Å². The highest BCUT2D eigenvalue weighted by Gasteiger charge is 2.18. The summed E-state index contributed by atoms with van der Waals surface area (Å²) in [7, 11) is 1.33. The van der Waals surface area contributed by atoms with Gasteiger partial charge in [-0.05, 0) is 18.2 Å². The molecular weight excluding hydrogens is 326 g/mol. The first-order valence-corrected chi connectivity index (χ1v) is 6.65. The number of hydrogen-bond donors (Lipinski definition) is 0. The van der Waals surface area contributed by atoms with Crippen LogP contribution in [0.3, 0.4) is 0 Å². The number of nitrogens with zero attached hydrogens (tertiary/aromatic N) is 1. The van der Waals surface area contributed by atoms with Gasteiger partial charge in [-0.2, -0.15) is 0 Å². The van der Waals surface area contributed by atoms with Crippen molar-refractivity contribution in [2.24, 2.45) is 0 Å². The number of thiazole rings is 1. The Bertz CT molecular complexity index is 570. The lowest BCUT2D eigenvalue weighted by Crippen LogP contribution is -2.03. The Morgan fingerprint density at radius 1 is 1.53 bits per heavy atom. The highest BCUT2D eigenvalue weighted by atomic mass is 79.9. The number of carbonyl (C=O) groups excluding carboxylic acids is 1. The third-order valence-electron chi connectivity index (χ3n) is 2.12. The Morgan fingerprint density at radius 3 is 3.00 bits per heavy atom. The maximum atomic E-state index is 11.5. The molecule has 0 bridgehead atoms. The molecular formula is C11H7BrClNO2S. The van der Waals surface area contributed by atoms with Crippen molar-refractivity contribution in [3.05, 3.63) is 38.9 Å². The standard InChI is InChI=1S/C11H7BrClNO2S/c1-16-11(15)9-10(17-5-14-9)7-4-6(12)2-3-8(7)13/h2-5H,1H3. The van der Waals surface area contributed by atoms with Gasteiger partial charge in [-0.3, -0.25) is 0 Å². The van der Waals surface area contributed by atoms with Gasteiger partial charge in [0.1, 0.15) is 0 Å². The molecule has 2 rings (SSSR count). The maximum Gasteiger partial charge on any atom is 0.358 e. The summed E-state index contributed by atoms with van der Waals surface area (Å²) in [6.45, 7) is 0. The topological polar surface area (TPSA) is 39.2 Å². The molecule has 0 fully saturated rings. The summed E-state index contributed by atoms with van der Waals surface area (Å²) in [5.74, 6) is -0.461. The third-order valence-corrected chi connectivity index (χ3v) is 3.80. The lowest BCUT2D eigenvalue weighted by Gasteiger charge is -2.04. The van der Waals surface area contributed by atoms with Crippen LogP contribution in [0.15, 0.2) is 28.2 Å². The van der Waals surface area contributed by atoms with Crippen molar-refractivity contribution < 1.29 is 9.53 Å². The van der Waals surface area contributed by atoms with E-state index in [1.165, 1.54) is 18.4 Å². The quantitative estimate of drug-likeness (QED) is 0.780. The van der Waals surface area contributed by atoms with Gasteiger partial charge in [0.25, 0.3) is 0 Å². The summed E-state index contributed by atoms with van der Waals surface area (Å²) in [6, 6.07) is 5.45. The summed E-state index contributed by atoms with van der Waals surface area (Å²) in [5, 5.41) is 0.572. The lowest BCUT2D eigenvalue weighted by molar-refractivity contribution is 0.0596. The molecule has 0 aliphatic heterocycles. The van der Waals surface area contributed by atoms with Crippen molar-refractivity contribution in [3.8, 4) is 10.4 Å². The van der Waals surface area contributed by atoms with Gasteiger partial charge in [-0.25, -0.2) is 9.78 Å². The first kappa shape index (κ1) is 12.5. The molecule has 0 saturated carbocycles. The molecule has 1 heterocycles. The predicted octanol–water partition coefficient (Wildman–Crippen LogP) is 4.01. The molecule has 3 nitrogen and oxygen atoms in total. The zero-order valence-corrected chi connectivity index (χ0v) is 11.9. The molecule has 0 aliphatic rings. The van der Waals surface area contributed by atoms with Crippen LogP contribution in [0.1, 0.15) is 10.5 Å². The number of methoxy groups -OCH3 is 1. The molecule has 0 unspecified atom stereocenters. The number of rotatable bonds is 2. The summed E-state index contributed by atoms with van der Waals surface area (Å²) < 4.78 is 5.57. The molecule has 17 heavy (non-hydrogen) atoms. The number of ether oxygens (including phenoxy) is 1. The van der Waals surface area contributed by atoms with Crippen LogP contribution in [0.4, 0.5) is 0 Å². The van der Waals surface area contributed by atoms with Crippen molar-refractivity contribution >= 4 is 44.8 Å². The van der Waals surface area contributed by atoms with Gasteiger partial charge in [0, 0.05) is 15.1 Å². The summed E-state index contributed by atoms with van der Waals surface area (Å²) in [5.41, 5.74) is 2.65. The zero-order valence-electron chi connectivity index (χ0n) is 8.74. The van der Waals surface area contributed by atoms with Crippen LogP contribution in [-0.2, 0) is 4.74 Å². The molecule has 1 aromatic carbocycles. The van der Waals surface area contributed by atoms with Gasteiger partial charge in [0.2, 0.25) is 0 Å². The van der Waals surface area contributed by atoms with Crippen LogP contribution in [0, 0.1) is 0 Å².